The first-order valence-corrected chi connectivity index (χ1v) is 13.2. The number of nitrogens with zero attached hydrogens (tertiary/aromatic N) is 6. The Morgan fingerprint density at radius 3 is 2.49 bits per heavy atom. The summed E-state index contributed by atoms with van der Waals surface area (Å²) in [6.45, 7) is 6.13. The van der Waals surface area contributed by atoms with Crippen LogP contribution in [0, 0.1) is 11.8 Å². The maximum atomic E-state index is 14.2. The van der Waals surface area contributed by atoms with Crippen LogP contribution in [0.25, 0.3) is 5.69 Å². The highest BCUT2D eigenvalue weighted by Crippen LogP contribution is 2.49. The van der Waals surface area contributed by atoms with Crippen molar-refractivity contribution in [2.75, 3.05) is 19.1 Å². The minimum absolute atomic E-state index is 0.000952. The molecular weight excluding hydrogens is 543 g/mol. The second-order valence-electron chi connectivity index (χ2n) is 9.89. The Morgan fingerprint density at radius 1 is 1.13 bits per heavy atom. The summed E-state index contributed by atoms with van der Waals surface area (Å²) in [7, 11) is 4.58. The molecule has 0 fully saturated rings. The fraction of sp³-hybridized carbons (Fsp3) is 0.370. The Balaban J connectivity index is 1.77. The normalized spacial score (nSPS) is 20.4. The van der Waals surface area contributed by atoms with Crippen LogP contribution in [0.2, 0.25) is 5.02 Å². The third kappa shape index (κ3) is 4.41. The van der Waals surface area contributed by atoms with Gasteiger partial charge in [-0.2, -0.15) is 10.1 Å². The summed E-state index contributed by atoms with van der Waals surface area (Å²) in [5.41, 5.74) is 2.54. The zero-order valence-electron chi connectivity index (χ0n) is 22.3. The van der Waals surface area contributed by atoms with E-state index in [0.29, 0.717) is 22.1 Å². The fourth-order valence-corrected chi connectivity index (χ4v) is 5.87. The molecule has 0 saturated carbocycles. The highest BCUT2D eigenvalue weighted by Gasteiger charge is 2.48. The first kappa shape index (κ1) is 27.0. The van der Waals surface area contributed by atoms with Crippen LogP contribution in [0.1, 0.15) is 54.5 Å². The topological polar surface area (TPSA) is 104 Å². The quantitative estimate of drug-likeness (QED) is 0.419. The molecule has 0 spiro atoms. The van der Waals surface area contributed by atoms with Gasteiger partial charge in [0.25, 0.3) is 11.5 Å². The lowest BCUT2D eigenvalue weighted by molar-refractivity contribution is 0.0980. The van der Waals surface area contributed by atoms with Crippen LogP contribution in [-0.4, -0.2) is 44.4 Å². The second kappa shape index (κ2) is 10.2. The number of aryl methyl sites for hydroxylation is 1. The summed E-state index contributed by atoms with van der Waals surface area (Å²) in [4.78, 5) is 36.8. The van der Waals surface area contributed by atoms with Crippen molar-refractivity contribution in [3.05, 3.63) is 74.0 Å². The molecule has 39 heavy (non-hydrogen) atoms. The number of carbonyl (C=O) groups is 1. The Kier molecular flexibility index (Phi) is 7.02. The number of rotatable bonds is 6. The molecule has 2 aliphatic rings. The molecule has 0 radical (unpaired) electrons. The number of pyridine rings is 1. The number of ether oxygens (including phenoxy) is 2. The van der Waals surface area contributed by atoms with Gasteiger partial charge in [0.15, 0.2) is 5.69 Å². The second-order valence-corrected chi connectivity index (χ2v) is 10.7. The zero-order chi connectivity index (χ0) is 28.2. The zero-order valence-corrected chi connectivity index (χ0v) is 23.9. The maximum absolute atomic E-state index is 14.2. The van der Waals surface area contributed by atoms with Gasteiger partial charge in [0.05, 0.1) is 37.8 Å². The summed E-state index contributed by atoms with van der Waals surface area (Å²) >= 11 is 12.6. The Labute approximate surface area is 235 Å². The summed E-state index contributed by atoms with van der Waals surface area (Å²) in [6, 6.07) is 1.23. The smallest absolute Gasteiger partial charge is 0.319 e. The lowest BCUT2D eigenvalue weighted by Gasteiger charge is -2.35. The van der Waals surface area contributed by atoms with Crippen molar-refractivity contribution in [3.8, 4) is 17.6 Å². The molecule has 3 atom stereocenters. The molecule has 12 heteroatoms. The van der Waals surface area contributed by atoms with Gasteiger partial charge in [0.1, 0.15) is 10.7 Å². The first-order valence-electron chi connectivity index (χ1n) is 12.4. The molecule has 0 N–H and O–H groups in total. The Hall–Kier alpha value is -3.63. The number of anilines is 1. The lowest BCUT2D eigenvalue weighted by atomic mass is 9.80. The van der Waals surface area contributed by atoms with Crippen LogP contribution < -0.4 is 19.9 Å². The number of methoxy groups -OCH3 is 2. The summed E-state index contributed by atoms with van der Waals surface area (Å²) in [5.74, 6) is -0.234. The van der Waals surface area contributed by atoms with E-state index in [-0.39, 0.29) is 46.1 Å². The van der Waals surface area contributed by atoms with Gasteiger partial charge in [-0.05, 0) is 24.0 Å². The average Bonchev–Trinajstić information content (AvgIpc) is 3.42. The van der Waals surface area contributed by atoms with Crippen LogP contribution in [0.15, 0.2) is 46.5 Å². The number of aromatic nitrogens is 5. The van der Waals surface area contributed by atoms with E-state index in [0.717, 1.165) is 11.3 Å². The molecule has 0 saturated heterocycles. The van der Waals surface area contributed by atoms with Gasteiger partial charge < -0.3 is 14.0 Å². The molecule has 10 nitrogen and oxygen atoms in total. The predicted molar refractivity (Wildman–Crippen MR) is 148 cm³/mol. The van der Waals surface area contributed by atoms with Gasteiger partial charge in [0.2, 0.25) is 5.88 Å². The molecule has 4 heterocycles. The predicted octanol–water partition coefficient (Wildman–Crippen LogP) is 4.80. The third-order valence-electron chi connectivity index (χ3n) is 7.09. The number of amides is 1. The molecule has 5 rings (SSSR count). The van der Waals surface area contributed by atoms with Gasteiger partial charge in [-0.3, -0.25) is 14.5 Å². The van der Waals surface area contributed by atoms with Crippen molar-refractivity contribution in [1.29, 1.82) is 0 Å². The maximum Gasteiger partial charge on any atom is 0.319 e. The van der Waals surface area contributed by atoms with Crippen molar-refractivity contribution in [3.63, 3.8) is 0 Å². The van der Waals surface area contributed by atoms with Crippen LogP contribution in [0.3, 0.4) is 0 Å². The van der Waals surface area contributed by atoms with E-state index >= 15 is 0 Å². The highest BCUT2D eigenvalue weighted by atomic mass is 35.5. The monoisotopic (exact) mass is 570 g/mol. The molecule has 3 aromatic heterocycles. The minimum Gasteiger partial charge on any atom is -0.479 e. The van der Waals surface area contributed by atoms with Crippen molar-refractivity contribution in [2.24, 2.45) is 18.9 Å². The average molecular weight is 571 g/mol. The van der Waals surface area contributed by atoms with E-state index in [1.807, 2.05) is 32.1 Å². The van der Waals surface area contributed by atoms with E-state index in [2.05, 4.69) is 16.9 Å². The van der Waals surface area contributed by atoms with E-state index < -0.39 is 6.04 Å². The van der Waals surface area contributed by atoms with Crippen molar-refractivity contribution >= 4 is 34.8 Å². The molecule has 3 unspecified atom stereocenters. The van der Waals surface area contributed by atoms with E-state index in [1.165, 1.54) is 24.9 Å². The number of fused-ring (bicyclic) bond motifs is 1. The molecule has 0 bridgehead atoms. The van der Waals surface area contributed by atoms with Crippen LogP contribution >= 0.6 is 23.2 Å². The van der Waals surface area contributed by atoms with Crippen LogP contribution in [0.4, 0.5) is 5.69 Å². The Morgan fingerprint density at radius 2 is 1.87 bits per heavy atom. The van der Waals surface area contributed by atoms with Gasteiger partial charge >= 0.3 is 6.01 Å². The SMILES string of the molecule is COc1ncc(-n2nc3c(c2C(C)C)C(C2C=CC(Cl)=CC2C)N(c2cc(Cl)c(=O)n(C)c2)C3=O)c(OC)n1. The number of carbonyl (C=O) groups excluding carboxylic acids is 1. The standard InChI is InChI=1S/C27H28Cl2N6O4/c1-13(2)22-20-21(32-35(22)19-11-30-27(39-6)31-24(19)38-5)26(37)34(16-10-18(29)25(36)33(4)12-16)23(20)17-8-7-15(28)9-14(17)3/h7-14,17,23H,1-6H3. The fourth-order valence-electron chi connectivity index (χ4n) is 5.36. The molecule has 1 aliphatic carbocycles. The van der Waals surface area contributed by atoms with Crippen molar-refractivity contribution < 1.29 is 14.3 Å². The number of hydrogen-bond donors (Lipinski definition) is 0. The summed E-state index contributed by atoms with van der Waals surface area (Å²) in [5, 5.41) is 5.47. The van der Waals surface area contributed by atoms with E-state index in [9.17, 15) is 9.59 Å². The van der Waals surface area contributed by atoms with Crippen molar-refractivity contribution in [1.82, 2.24) is 24.3 Å². The van der Waals surface area contributed by atoms with E-state index in [1.54, 1.807) is 29.0 Å². The van der Waals surface area contributed by atoms with Gasteiger partial charge in [-0.25, -0.2) is 9.67 Å². The lowest BCUT2D eigenvalue weighted by Crippen LogP contribution is -2.36. The molecular formula is C27H28Cl2N6O4. The number of allylic oxidation sites excluding steroid dienone is 3. The molecule has 204 valence electrons. The third-order valence-corrected chi connectivity index (χ3v) is 7.62. The highest BCUT2D eigenvalue weighted by molar-refractivity contribution is 6.31. The van der Waals surface area contributed by atoms with Gasteiger partial charge in [-0.15, -0.1) is 0 Å². The largest absolute Gasteiger partial charge is 0.479 e. The van der Waals surface area contributed by atoms with Gasteiger partial charge in [0, 0.05) is 29.8 Å². The summed E-state index contributed by atoms with van der Waals surface area (Å²) in [6.07, 6.45) is 9.03. The molecule has 1 aliphatic heterocycles. The molecule has 0 aromatic carbocycles. The number of hydrogen-bond acceptors (Lipinski definition) is 7. The molecule has 1 amide bonds. The van der Waals surface area contributed by atoms with Crippen LogP contribution in [-0.2, 0) is 7.05 Å². The minimum atomic E-state index is -0.454. The molecule has 3 aromatic rings. The van der Waals surface area contributed by atoms with E-state index in [4.69, 9.17) is 37.8 Å². The van der Waals surface area contributed by atoms with Crippen molar-refractivity contribution in [2.45, 2.75) is 32.7 Å². The summed E-state index contributed by atoms with van der Waals surface area (Å²) < 4.78 is 13.8. The first-order chi connectivity index (χ1) is 18.6. The Bertz CT molecular complexity index is 1570. The number of halogens is 2. The van der Waals surface area contributed by atoms with Gasteiger partial charge in [-0.1, -0.05) is 56.1 Å². The van der Waals surface area contributed by atoms with Crippen LogP contribution in [0.5, 0.6) is 11.9 Å².